The van der Waals surface area contributed by atoms with Crippen LogP contribution in [0.25, 0.3) is 16.8 Å². The Labute approximate surface area is 217 Å². The number of sulfonamides is 1. The van der Waals surface area contributed by atoms with Crippen molar-refractivity contribution in [3.05, 3.63) is 155 Å². The summed E-state index contributed by atoms with van der Waals surface area (Å²) >= 11 is 0. The van der Waals surface area contributed by atoms with Crippen molar-refractivity contribution in [3.63, 3.8) is 0 Å². The van der Waals surface area contributed by atoms with Gasteiger partial charge < -0.3 is 0 Å². The molecule has 4 aromatic carbocycles. The zero-order chi connectivity index (χ0) is 25.8. The van der Waals surface area contributed by atoms with E-state index < -0.39 is 10.0 Å². The van der Waals surface area contributed by atoms with Gasteiger partial charge in [0.25, 0.3) is 10.0 Å². The third-order valence-electron chi connectivity index (χ3n) is 6.20. The standard InChI is InChI=1S/C32H24N2O2S/c1-24-17-19-29(20-18-24)37(35,36)34-31(27-15-9-4-10-16-27)22-28(25-11-5-2-6-12-25)21-30(32(34)23-33)26-13-7-3-8-14-26/h2-22H,1H3. The highest BCUT2D eigenvalue weighted by Gasteiger charge is 2.34. The predicted octanol–water partition coefficient (Wildman–Crippen LogP) is 7.06. The molecule has 1 aliphatic heterocycles. The first kappa shape index (κ1) is 24.1. The van der Waals surface area contributed by atoms with Gasteiger partial charge in [-0.2, -0.15) is 5.26 Å². The van der Waals surface area contributed by atoms with Crippen LogP contribution in [0.4, 0.5) is 0 Å². The van der Waals surface area contributed by atoms with Crippen LogP contribution in [0.15, 0.2) is 138 Å². The zero-order valence-corrected chi connectivity index (χ0v) is 21.1. The minimum atomic E-state index is -4.16. The molecule has 1 heterocycles. The molecule has 0 amide bonds. The van der Waals surface area contributed by atoms with Crippen molar-refractivity contribution in [3.8, 4) is 6.07 Å². The lowest BCUT2D eigenvalue weighted by Crippen LogP contribution is -2.29. The smallest absolute Gasteiger partial charge is 0.223 e. The highest BCUT2D eigenvalue weighted by atomic mass is 32.2. The molecule has 0 atom stereocenters. The van der Waals surface area contributed by atoms with Crippen molar-refractivity contribution in [2.75, 3.05) is 0 Å². The second-order valence-electron chi connectivity index (χ2n) is 8.68. The molecule has 0 spiro atoms. The summed E-state index contributed by atoms with van der Waals surface area (Å²) in [5.74, 6) is 0. The first-order valence-corrected chi connectivity index (χ1v) is 13.3. The molecule has 4 aromatic rings. The monoisotopic (exact) mass is 500 g/mol. The molecule has 0 aliphatic carbocycles. The van der Waals surface area contributed by atoms with Crippen LogP contribution in [-0.4, -0.2) is 12.7 Å². The van der Waals surface area contributed by atoms with Crippen molar-refractivity contribution in [2.45, 2.75) is 11.8 Å². The Morgan fingerprint density at radius 3 is 1.70 bits per heavy atom. The molecule has 37 heavy (non-hydrogen) atoms. The molecule has 5 rings (SSSR count). The molecule has 180 valence electrons. The van der Waals surface area contributed by atoms with Crippen LogP contribution in [0.2, 0.25) is 0 Å². The number of nitriles is 1. The number of benzene rings is 4. The minimum Gasteiger partial charge on any atom is -0.223 e. The third-order valence-corrected chi connectivity index (χ3v) is 7.92. The zero-order valence-electron chi connectivity index (χ0n) is 20.2. The number of allylic oxidation sites excluding steroid dienone is 5. The molecule has 5 heteroatoms. The Bertz CT molecular complexity index is 1660. The normalized spacial score (nSPS) is 13.9. The average Bonchev–Trinajstić information content (AvgIpc) is 3.12. The van der Waals surface area contributed by atoms with Gasteiger partial charge in [-0.1, -0.05) is 109 Å². The van der Waals surface area contributed by atoms with Gasteiger partial charge in [-0.15, -0.1) is 0 Å². The van der Waals surface area contributed by atoms with E-state index in [1.54, 1.807) is 24.3 Å². The Hall–Kier alpha value is -4.66. The summed E-state index contributed by atoms with van der Waals surface area (Å²) in [6.45, 7) is 1.90. The summed E-state index contributed by atoms with van der Waals surface area (Å²) in [4.78, 5) is 0.114. The molecule has 0 radical (unpaired) electrons. The van der Waals surface area contributed by atoms with Gasteiger partial charge in [-0.25, -0.2) is 12.7 Å². The molecule has 0 N–H and O–H groups in total. The summed E-state index contributed by atoms with van der Waals surface area (Å²) < 4.78 is 29.8. The summed E-state index contributed by atoms with van der Waals surface area (Å²) in [5.41, 5.74) is 5.05. The van der Waals surface area contributed by atoms with Crippen LogP contribution >= 0.6 is 0 Å². The SMILES string of the molecule is Cc1ccc(S(=O)(=O)N2C(c3ccccc3)=CC(c3ccccc3)=CC(c3ccccc3)=C2C#N)cc1. The van der Waals surface area contributed by atoms with Gasteiger partial charge in [0.1, 0.15) is 11.8 Å². The molecule has 1 aliphatic rings. The van der Waals surface area contributed by atoms with Gasteiger partial charge in [0, 0.05) is 5.57 Å². The average molecular weight is 501 g/mol. The van der Waals surface area contributed by atoms with E-state index in [1.165, 1.54) is 4.31 Å². The quantitative estimate of drug-likeness (QED) is 0.295. The van der Waals surface area contributed by atoms with Gasteiger partial charge in [0.2, 0.25) is 0 Å². The molecule has 4 nitrogen and oxygen atoms in total. The Morgan fingerprint density at radius 2 is 1.16 bits per heavy atom. The summed E-state index contributed by atoms with van der Waals surface area (Å²) in [5, 5.41) is 10.5. The Balaban J connectivity index is 1.87. The number of hydrogen-bond acceptors (Lipinski definition) is 3. The maximum atomic E-state index is 14.3. The second-order valence-corrected chi connectivity index (χ2v) is 10.5. The predicted molar refractivity (Wildman–Crippen MR) is 148 cm³/mol. The maximum absolute atomic E-state index is 14.3. The molecule has 0 fully saturated rings. The van der Waals surface area contributed by atoms with Gasteiger partial charge >= 0.3 is 0 Å². The highest BCUT2D eigenvalue weighted by Crippen LogP contribution is 2.40. The van der Waals surface area contributed by atoms with E-state index in [0.717, 1.165) is 22.3 Å². The lowest BCUT2D eigenvalue weighted by molar-refractivity contribution is 0.553. The molecule has 0 aromatic heterocycles. The summed E-state index contributed by atoms with van der Waals surface area (Å²) in [7, 11) is -4.16. The first-order valence-electron chi connectivity index (χ1n) is 11.8. The fourth-order valence-corrected chi connectivity index (χ4v) is 5.80. The van der Waals surface area contributed by atoms with Crippen molar-refractivity contribution in [1.29, 1.82) is 5.26 Å². The van der Waals surface area contributed by atoms with Gasteiger partial charge in [-0.05, 0) is 53.5 Å². The summed E-state index contributed by atoms with van der Waals surface area (Å²) in [6.07, 6.45) is 3.75. The van der Waals surface area contributed by atoms with Crippen molar-refractivity contribution in [2.24, 2.45) is 0 Å². The largest absolute Gasteiger partial charge is 0.269 e. The van der Waals surface area contributed by atoms with Gasteiger partial charge in [-0.3, -0.25) is 0 Å². The Kier molecular flexibility index (Phi) is 6.59. The topological polar surface area (TPSA) is 61.2 Å². The van der Waals surface area contributed by atoms with Crippen molar-refractivity contribution < 1.29 is 8.42 Å². The lowest BCUT2D eigenvalue weighted by atomic mass is 9.97. The molecule has 0 unspecified atom stereocenters. The van der Waals surface area contributed by atoms with Crippen molar-refractivity contribution >= 4 is 26.9 Å². The second kappa shape index (κ2) is 10.1. The van der Waals surface area contributed by atoms with E-state index in [-0.39, 0.29) is 10.6 Å². The fourth-order valence-electron chi connectivity index (χ4n) is 4.32. The number of hydrogen-bond donors (Lipinski definition) is 0. The van der Waals surface area contributed by atoms with E-state index in [4.69, 9.17) is 0 Å². The summed E-state index contributed by atoms with van der Waals surface area (Å²) in [6, 6.07) is 37.4. The van der Waals surface area contributed by atoms with E-state index in [0.29, 0.717) is 16.8 Å². The number of aryl methyl sites for hydroxylation is 1. The van der Waals surface area contributed by atoms with Crippen LogP contribution in [0.1, 0.15) is 22.3 Å². The van der Waals surface area contributed by atoms with Crippen LogP contribution in [-0.2, 0) is 10.0 Å². The van der Waals surface area contributed by atoms with E-state index in [2.05, 4.69) is 6.07 Å². The molecule has 0 saturated heterocycles. The molecular weight excluding hydrogens is 476 g/mol. The van der Waals surface area contributed by atoms with Crippen LogP contribution < -0.4 is 0 Å². The number of nitrogens with zero attached hydrogens (tertiary/aromatic N) is 2. The van der Waals surface area contributed by atoms with Crippen LogP contribution in [0.5, 0.6) is 0 Å². The van der Waals surface area contributed by atoms with Crippen LogP contribution in [0, 0.1) is 18.3 Å². The Morgan fingerprint density at radius 1 is 0.649 bits per heavy atom. The van der Waals surface area contributed by atoms with E-state index in [9.17, 15) is 13.7 Å². The van der Waals surface area contributed by atoms with Crippen molar-refractivity contribution in [1.82, 2.24) is 4.31 Å². The third kappa shape index (κ3) is 4.75. The lowest BCUT2D eigenvalue weighted by Gasteiger charge is -2.27. The molecule has 0 bridgehead atoms. The van der Waals surface area contributed by atoms with Gasteiger partial charge in [0.15, 0.2) is 0 Å². The minimum absolute atomic E-state index is 0.0350. The number of rotatable bonds is 5. The van der Waals surface area contributed by atoms with E-state index in [1.807, 2.05) is 110 Å². The van der Waals surface area contributed by atoms with Crippen LogP contribution in [0.3, 0.4) is 0 Å². The molecular formula is C32H24N2O2S. The van der Waals surface area contributed by atoms with E-state index >= 15 is 0 Å². The maximum Gasteiger partial charge on any atom is 0.269 e. The fraction of sp³-hybridized carbons (Fsp3) is 0.0312. The van der Waals surface area contributed by atoms with Gasteiger partial charge in [0.05, 0.1) is 10.6 Å². The highest BCUT2D eigenvalue weighted by molar-refractivity contribution is 7.89. The molecule has 0 saturated carbocycles. The first-order chi connectivity index (χ1) is 18.0.